The van der Waals surface area contributed by atoms with E-state index in [0.29, 0.717) is 19.4 Å². The first-order valence-electron chi connectivity index (χ1n) is 9.53. The lowest BCUT2D eigenvalue weighted by molar-refractivity contribution is -0.162. The Labute approximate surface area is 170 Å². The van der Waals surface area contributed by atoms with E-state index in [1.165, 1.54) is 0 Å². The zero-order valence-electron chi connectivity index (χ0n) is 16.5. The van der Waals surface area contributed by atoms with E-state index >= 15 is 0 Å². The summed E-state index contributed by atoms with van der Waals surface area (Å²) in [6.07, 6.45) is 2.87. The molecule has 0 saturated carbocycles. The molecule has 1 heterocycles. The van der Waals surface area contributed by atoms with E-state index in [4.69, 9.17) is 10.5 Å². The number of amides is 2. The number of esters is 1. The van der Waals surface area contributed by atoms with Crippen LogP contribution >= 0.6 is 11.8 Å². The normalized spacial score (nSPS) is 18.1. The number of benzene rings is 1. The molecule has 1 fully saturated rings. The zero-order valence-corrected chi connectivity index (χ0v) is 17.3. The molecule has 154 valence electrons. The average Bonchev–Trinajstić information content (AvgIpc) is 2.71. The van der Waals surface area contributed by atoms with Gasteiger partial charge in [0.05, 0.1) is 13.2 Å². The zero-order chi connectivity index (χ0) is 20.5. The van der Waals surface area contributed by atoms with Gasteiger partial charge in [0.2, 0.25) is 11.8 Å². The van der Waals surface area contributed by atoms with E-state index < -0.39 is 18.1 Å². The maximum atomic E-state index is 13.3. The van der Waals surface area contributed by atoms with Gasteiger partial charge < -0.3 is 20.3 Å². The molecule has 2 amide bonds. The molecular formula is C20H29N3O4S. The van der Waals surface area contributed by atoms with Gasteiger partial charge in [0.1, 0.15) is 12.1 Å². The summed E-state index contributed by atoms with van der Waals surface area (Å²) in [5.41, 5.74) is 6.48. The van der Waals surface area contributed by atoms with Gasteiger partial charge in [0.25, 0.3) is 0 Å². The maximum absolute atomic E-state index is 13.3. The third-order valence-corrected chi connectivity index (χ3v) is 5.47. The quantitative estimate of drug-likeness (QED) is 0.612. The molecule has 28 heavy (non-hydrogen) atoms. The van der Waals surface area contributed by atoms with Crippen LogP contribution in [0.3, 0.4) is 0 Å². The number of hydrogen-bond acceptors (Lipinski definition) is 6. The number of ether oxygens (including phenoxy) is 1. The molecule has 1 saturated heterocycles. The van der Waals surface area contributed by atoms with Crippen LogP contribution in [-0.4, -0.2) is 77.9 Å². The predicted molar refractivity (Wildman–Crippen MR) is 110 cm³/mol. The van der Waals surface area contributed by atoms with Gasteiger partial charge in [-0.15, -0.1) is 0 Å². The molecule has 0 unspecified atom stereocenters. The molecule has 0 bridgehead atoms. The van der Waals surface area contributed by atoms with Crippen molar-refractivity contribution in [2.24, 2.45) is 5.73 Å². The summed E-state index contributed by atoms with van der Waals surface area (Å²) in [6.45, 7) is 2.52. The summed E-state index contributed by atoms with van der Waals surface area (Å²) in [6, 6.07) is 8.26. The van der Waals surface area contributed by atoms with Crippen LogP contribution < -0.4 is 5.73 Å². The summed E-state index contributed by atoms with van der Waals surface area (Å²) in [7, 11) is 0. The van der Waals surface area contributed by atoms with E-state index in [0.717, 1.165) is 11.3 Å². The van der Waals surface area contributed by atoms with Crippen molar-refractivity contribution in [1.82, 2.24) is 9.80 Å². The summed E-state index contributed by atoms with van der Waals surface area (Å²) in [5, 5.41) is 0. The molecule has 2 atom stereocenters. The lowest BCUT2D eigenvalue weighted by atomic mass is 10.0. The molecular weight excluding hydrogens is 378 g/mol. The van der Waals surface area contributed by atoms with Crippen molar-refractivity contribution in [3.8, 4) is 0 Å². The van der Waals surface area contributed by atoms with Gasteiger partial charge in [-0.1, -0.05) is 30.3 Å². The highest BCUT2D eigenvalue weighted by molar-refractivity contribution is 7.98. The minimum Gasteiger partial charge on any atom is -0.464 e. The largest absolute Gasteiger partial charge is 0.464 e. The van der Waals surface area contributed by atoms with Crippen molar-refractivity contribution in [1.29, 1.82) is 0 Å². The summed E-state index contributed by atoms with van der Waals surface area (Å²) >= 11 is 1.61. The number of thioether (sulfide) groups is 1. The third-order valence-electron chi connectivity index (χ3n) is 4.82. The van der Waals surface area contributed by atoms with Crippen LogP contribution in [0.1, 0.15) is 18.9 Å². The van der Waals surface area contributed by atoms with Crippen LogP contribution in [0.4, 0.5) is 0 Å². The summed E-state index contributed by atoms with van der Waals surface area (Å²) in [4.78, 5) is 41.3. The van der Waals surface area contributed by atoms with E-state index in [9.17, 15) is 14.4 Å². The monoisotopic (exact) mass is 407 g/mol. The fourth-order valence-corrected chi connectivity index (χ4v) is 3.90. The van der Waals surface area contributed by atoms with Crippen molar-refractivity contribution in [2.45, 2.75) is 31.8 Å². The van der Waals surface area contributed by atoms with Crippen LogP contribution in [0.15, 0.2) is 30.3 Å². The third kappa shape index (κ3) is 5.48. The molecule has 1 aromatic carbocycles. The number of piperazine rings is 1. The standard InChI is InChI=1S/C20H29N3O4S/c1-3-27-20(26)17(13-15-7-5-4-6-8-15)23-11-10-22(18(24)14-21)16(19(23)25)9-12-28-2/h4-8,16-17H,3,9-14,21H2,1-2H3/t16-,17-/m0/s1. The van der Waals surface area contributed by atoms with Crippen LogP contribution in [0.25, 0.3) is 0 Å². The molecule has 0 aromatic heterocycles. The SMILES string of the molecule is CCOC(=O)[C@H](Cc1ccccc1)N1CCN(C(=O)CN)[C@@H](CCSC)C1=O. The average molecular weight is 408 g/mol. The highest BCUT2D eigenvalue weighted by Crippen LogP contribution is 2.21. The topological polar surface area (TPSA) is 92.9 Å². The molecule has 0 radical (unpaired) electrons. The first-order chi connectivity index (χ1) is 13.5. The molecule has 1 aliphatic rings. The minimum atomic E-state index is -0.707. The first kappa shape index (κ1) is 22.2. The van der Waals surface area contributed by atoms with Gasteiger partial charge in [0.15, 0.2) is 0 Å². The van der Waals surface area contributed by atoms with Crippen molar-refractivity contribution in [3.63, 3.8) is 0 Å². The molecule has 1 aromatic rings. The van der Waals surface area contributed by atoms with Crippen LogP contribution in [0.5, 0.6) is 0 Å². The predicted octanol–water partition coefficient (Wildman–Crippen LogP) is 0.912. The highest BCUT2D eigenvalue weighted by Gasteiger charge is 2.41. The molecule has 2 rings (SSSR count). The Morgan fingerprint density at radius 3 is 2.61 bits per heavy atom. The van der Waals surface area contributed by atoms with Gasteiger partial charge in [-0.3, -0.25) is 9.59 Å². The Morgan fingerprint density at radius 2 is 2.00 bits per heavy atom. The molecule has 8 heteroatoms. The lowest BCUT2D eigenvalue weighted by Gasteiger charge is -2.43. The number of nitrogens with two attached hydrogens (primary N) is 1. The Balaban J connectivity index is 2.27. The minimum absolute atomic E-state index is 0.131. The van der Waals surface area contributed by atoms with Gasteiger partial charge in [-0.2, -0.15) is 11.8 Å². The first-order valence-corrected chi connectivity index (χ1v) is 10.9. The number of nitrogens with zero attached hydrogens (tertiary/aromatic N) is 2. The van der Waals surface area contributed by atoms with E-state index in [1.54, 1.807) is 28.5 Å². The smallest absolute Gasteiger partial charge is 0.329 e. The second kappa shape index (κ2) is 11.1. The molecule has 0 spiro atoms. The number of hydrogen-bond donors (Lipinski definition) is 1. The van der Waals surface area contributed by atoms with E-state index in [1.807, 2.05) is 36.6 Å². The van der Waals surface area contributed by atoms with E-state index in [2.05, 4.69) is 0 Å². The van der Waals surface area contributed by atoms with Crippen LogP contribution in [0, 0.1) is 0 Å². The van der Waals surface area contributed by atoms with Crippen LogP contribution in [0.2, 0.25) is 0 Å². The maximum Gasteiger partial charge on any atom is 0.329 e. The molecule has 7 nitrogen and oxygen atoms in total. The number of rotatable bonds is 9. The van der Waals surface area contributed by atoms with Gasteiger partial charge in [-0.25, -0.2) is 4.79 Å². The van der Waals surface area contributed by atoms with Gasteiger partial charge in [-0.05, 0) is 30.9 Å². The fraction of sp³-hybridized carbons (Fsp3) is 0.550. The Morgan fingerprint density at radius 1 is 1.29 bits per heavy atom. The Hall–Kier alpha value is -2.06. The number of carbonyl (C=O) groups is 3. The second-order valence-electron chi connectivity index (χ2n) is 6.58. The fourth-order valence-electron chi connectivity index (χ4n) is 3.44. The van der Waals surface area contributed by atoms with Crippen LogP contribution in [-0.2, 0) is 25.5 Å². The second-order valence-corrected chi connectivity index (χ2v) is 7.56. The van der Waals surface area contributed by atoms with Gasteiger partial charge in [0, 0.05) is 19.5 Å². The molecule has 1 aliphatic heterocycles. The van der Waals surface area contributed by atoms with Gasteiger partial charge >= 0.3 is 5.97 Å². The highest BCUT2D eigenvalue weighted by atomic mass is 32.2. The molecule has 2 N–H and O–H groups in total. The summed E-state index contributed by atoms with van der Waals surface area (Å²) in [5.74, 6) is -0.130. The Bertz CT molecular complexity index is 671. The summed E-state index contributed by atoms with van der Waals surface area (Å²) < 4.78 is 5.25. The molecule has 0 aliphatic carbocycles. The number of carbonyl (C=O) groups excluding carboxylic acids is 3. The van der Waals surface area contributed by atoms with E-state index in [-0.39, 0.29) is 31.5 Å². The van der Waals surface area contributed by atoms with Crippen molar-refractivity contribution in [2.75, 3.05) is 38.2 Å². The van der Waals surface area contributed by atoms with Crippen molar-refractivity contribution in [3.05, 3.63) is 35.9 Å². The Kier molecular flexibility index (Phi) is 8.79. The lowest BCUT2D eigenvalue weighted by Crippen LogP contribution is -2.63. The van der Waals surface area contributed by atoms with Crippen molar-refractivity contribution >= 4 is 29.5 Å². The van der Waals surface area contributed by atoms with Crippen molar-refractivity contribution < 1.29 is 19.1 Å².